The molecule has 0 aliphatic heterocycles. The van der Waals surface area contributed by atoms with E-state index in [9.17, 15) is 0 Å². The van der Waals surface area contributed by atoms with E-state index in [0.717, 1.165) is 25.6 Å². The van der Waals surface area contributed by atoms with Gasteiger partial charge in [-0.25, -0.2) is 0 Å². The fourth-order valence-corrected chi connectivity index (χ4v) is 2.54. The lowest BCUT2D eigenvalue weighted by Crippen LogP contribution is -2.24. The van der Waals surface area contributed by atoms with Gasteiger partial charge in [0.25, 0.3) is 0 Å². The molecule has 1 rings (SSSR count). The Morgan fingerprint density at radius 2 is 1.45 bits per heavy atom. The first-order valence-electron chi connectivity index (χ1n) is 8.33. The van der Waals surface area contributed by atoms with Gasteiger partial charge in [-0.1, -0.05) is 40.5 Å². The van der Waals surface area contributed by atoms with Crippen LogP contribution in [-0.2, 0) is 0 Å². The second-order valence-electron chi connectivity index (χ2n) is 5.60. The first-order chi connectivity index (χ1) is 9.74. The number of hydrogen-bond donors (Lipinski definition) is 1. The minimum Gasteiger partial charge on any atom is -0.385 e. The fraction of sp³-hybridized carbons (Fsp3) is 0.667. The Labute approximate surface area is 125 Å². The van der Waals surface area contributed by atoms with Gasteiger partial charge in [0.05, 0.1) is 0 Å². The molecule has 0 aromatic heterocycles. The lowest BCUT2D eigenvalue weighted by molar-refractivity contribution is 0.519. The Balaban J connectivity index is 2.58. The van der Waals surface area contributed by atoms with Gasteiger partial charge >= 0.3 is 0 Å². The molecule has 0 radical (unpaired) electrons. The summed E-state index contributed by atoms with van der Waals surface area (Å²) in [6, 6.07) is 8.94. The average molecular weight is 276 g/mol. The largest absolute Gasteiger partial charge is 0.385 e. The molecule has 0 spiro atoms. The number of hydrogen-bond acceptors (Lipinski definition) is 2. The molecule has 0 atom stereocenters. The summed E-state index contributed by atoms with van der Waals surface area (Å²) >= 11 is 0. The van der Waals surface area contributed by atoms with E-state index >= 15 is 0 Å². The monoisotopic (exact) mass is 276 g/mol. The van der Waals surface area contributed by atoms with Crippen molar-refractivity contribution in [2.45, 2.75) is 53.4 Å². The molecule has 0 saturated carbocycles. The molecule has 0 heterocycles. The average Bonchev–Trinajstić information content (AvgIpc) is 2.49. The van der Waals surface area contributed by atoms with E-state index in [0.29, 0.717) is 0 Å². The third kappa shape index (κ3) is 5.44. The van der Waals surface area contributed by atoms with E-state index in [1.165, 1.54) is 37.1 Å². The predicted octanol–water partition coefficient (Wildman–Crippen LogP) is 5.16. The summed E-state index contributed by atoms with van der Waals surface area (Å²) < 4.78 is 0. The zero-order chi connectivity index (χ0) is 14.8. The maximum Gasteiger partial charge on any atom is 0.0367 e. The first-order valence-corrected chi connectivity index (χ1v) is 8.33. The van der Waals surface area contributed by atoms with Crippen LogP contribution in [0.3, 0.4) is 0 Å². The number of anilines is 2. The SMILES string of the molecule is CCCN(CCC)c1ccc(NCC(CC)CC)cc1. The molecular formula is C18H32N2. The van der Waals surface area contributed by atoms with Gasteiger partial charge in [-0.2, -0.15) is 0 Å². The highest BCUT2D eigenvalue weighted by atomic mass is 15.1. The van der Waals surface area contributed by atoms with Crippen molar-refractivity contribution in [2.75, 3.05) is 29.9 Å². The van der Waals surface area contributed by atoms with Crippen LogP contribution in [0.5, 0.6) is 0 Å². The summed E-state index contributed by atoms with van der Waals surface area (Å²) in [6.45, 7) is 12.4. The third-order valence-corrected chi connectivity index (χ3v) is 3.97. The number of nitrogens with zero attached hydrogens (tertiary/aromatic N) is 1. The maximum atomic E-state index is 3.56. The highest BCUT2D eigenvalue weighted by Gasteiger charge is 2.05. The van der Waals surface area contributed by atoms with Crippen LogP contribution in [0.4, 0.5) is 11.4 Å². The van der Waals surface area contributed by atoms with Crippen molar-refractivity contribution in [3.05, 3.63) is 24.3 Å². The summed E-state index contributed by atoms with van der Waals surface area (Å²) in [5, 5.41) is 3.56. The zero-order valence-electron chi connectivity index (χ0n) is 13.8. The van der Waals surface area contributed by atoms with E-state index < -0.39 is 0 Å². The Bertz CT molecular complexity index is 335. The van der Waals surface area contributed by atoms with Crippen LogP contribution in [0.2, 0.25) is 0 Å². The van der Waals surface area contributed by atoms with Crippen molar-refractivity contribution in [3.8, 4) is 0 Å². The molecule has 0 saturated heterocycles. The van der Waals surface area contributed by atoms with Gasteiger partial charge in [0.2, 0.25) is 0 Å². The minimum atomic E-state index is 0.784. The minimum absolute atomic E-state index is 0.784. The molecule has 0 unspecified atom stereocenters. The maximum absolute atomic E-state index is 3.56. The fourth-order valence-electron chi connectivity index (χ4n) is 2.54. The summed E-state index contributed by atoms with van der Waals surface area (Å²) in [6.07, 6.45) is 4.91. The van der Waals surface area contributed by atoms with Crippen LogP contribution in [-0.4, -0.2) is 19.6 Å². The van der Waals surface area contributed by atoms with Crippen LogP contribution < -0.4 is 10.2 Å². The zero-order valence-corrected chi connectivity index (χ0v) is 13.8. The normalized spacial score (nSPS) is 10.8. The molecule has 20 heavy (non-hydrogen) atoms. The van der Waals surface area contributed by atoms with Gasteiger partial charge in [0.1, 0.15) is 0 Å². The number of benzene rings is 1. The summed E-state index contributed by atoms with van der Waals surface area (Å²) in [5.41, 5.74) is 2.59. The molecule has 1 N–H and O–H groups in total. The smallest absolute Gasteiger partial charge is 0.0367 e. The molecule has 1 aromatic carbocycles. The molecule has 0 aliphatic rings. The Morgan fingerprint density at radius 1 is 0.900 bits per heavy atom. The van der Waals surface area contributed by atoms with Crippen LogP contribution >= 0.6 is 0 Å². The lowest BCUT2D eigenvalue weighted by atomic mass is 10.0. The van der Waals surface area contributed by atoms with Gasteiger partial charge in [0.15, 0.2) is 0 Å². The Kier molecular flexibility index (Phi) is 8.17. The van der Waals surface area contributed by atoms with Gasteiger partial charge in [-0.15, -0.1) is 0 Å². The first kappa shape index (κ1) is 16.9. The van der Waals surface area contributed by atoms with Crippen LogP contribution in [0.1, 0.15) is 53.4 Å². The highest BCUT2D eigenvalue weighted by molar-refractivity contribution is 5.55. The van der Waals surface area contributed by atoms with Gasteiger partial charge < -0.3 is 10.2 Å². The molecule has 0 aliphatic carbocycles. The van der Waals surface area contributed by atoms with Crippen molar-refractivity contribution in [3.63, 3.8) is 0 Å². The van der Waals surface area contributed by atoms with Gasteiger partial charge in [0, 0.05) is 31.0 Å². The second-order valence-corrected chi connectivity index (χ2v) is 5.60. The van der Waals surface area contributed by atoms with Gasteiger partial charge in [-0.3, -0.25) is 0 Å². The number of rotatable bonds is 10. The topological polar surface area (TPSA) is 15.3 Å². The van der Waals surface area contributed by atoms with Crippen LogP contribution in [0.25, 0.3) is 0 Å². The lowest BCUT2D eigenvalue weighted by Gasteiger charge is -2.24. The van der Waals surface area contributed by atoms with E-state index in [2.05, 4.69) is 62.2 Å². The van der Waals surface area contributed by atoms with E-state index in [1.807, 2.05) is 0 Å². The molecule has 114 valence electrons. The van der Waals surface area contributed by atoms with E-state index in [-0.39, 0.29) is 0 Å². The molecule has 2 heteroatoms. The van der Waals surface area contributed by atoms with E-state index in [1.54, 1.807) is 0 Å². The van der Waals surface area contributed by atoms with Crippen molar-refractivity contribution in [1.29, 1.82) is 0 Å². The third-order valence-electron chi connectivity index (χ3n) is 3.97. The van der Waals surface area contributed by atoms with Crippen LogP contribution in [0.15, 0.2) is 24.3 Å². The molecular weight excluding hydrogens is 244 g/mol. The molecule has 0 amide bonds. The molecule has 0 bridgehead atoms. The molecule has 0 fully saturated rings. The van der Waals surface area contributed by atoms with Crippen molar-refractivity contribution in [2.24, 2.45) is 5.92 Å². The Morgan fingerprint density at radius 3 is 1.90 bits per heavy atom. The summed E-state index contributed by atoms with van der Waals surface area (Å²) in [4.78, 5) is 2.48. The predicted molar refractivity (Wildman–Crippen MR) is 91.8 cm³/mol. The van der Waals surface area contributed by atoms with Crippen molar-refractivity contribution in [1.82, 2.24) is 0 Å². The number of nitrogens with one attached hydrogen (secondary N) is 1. The quantitative estimate of drug-likeness (QED) is 0.635. The standard InChI is InChI=1S/C18H32N2/c1-5-13-20(14-6-2)18-11-9-17(10-12-18)19-15-16(7-3)8-4/h9-12,16,19H,5-8,13-15H2,1-4H3. The van der Waals surface area contributed by atoms with Crippen molar-refractivity contribution < 1.29 is 0 Å². The van der Waals surface area contributed by atoms with E-state index in [4.69, 9.17) is 0 Å². The molecule has 2 nitrogen and oxygen atoms in total. The highest BCUT2D eigenvalue weighted by Crippen LogP contribution is 2.19. The Hall–Kier alpha value is -1.18. The van der Waals surface area contributed by atoms with Gasteiger partial charge in [-0.05, 0) is 43.0 Å². The van der Waals surface area contributed by atoms with Crippen LogP contribution in [0, 0.1) is 5.92 Å². The summed E-state index contributed by atoms with van der Waals surface area (Å²) in [5.74, 6) is 0.784. The van der Waals surface area contributed by atoms with Crippen molar-refractivity contribution >= 4 is 11.4 Å². The second kappa shape index (κ2) is 9.68. The summed E-state index contributed by atoms with van der Waals surface area (Å²) in [7, 11) is 0. The molecule has 1 aromatic rings.